The number of nitrogens with zero attached hydrogens (tertiary/aromatic N) is 2. The minimum Gasteiger partial charge on any atom is -0.507 e. The molecule has 0 amide bonds. The number of aromatic hydroxyl groups is 1. The molecule has 2 aliphatic heterocycles. The third kappa shape index (κ3) is 3.79. The standard InChI is InChI=1S/C28H22N2O6S/c1-3-34-27(33)24-15(2)29-28-30(25(24)17-9-11-21-22(12-17)36-14-35-21)26(32)23(37-28)13-19-18-7-5-4-6-16(18)8-10-20(19)31/h4-13,25,31H,3,14H2,1-2H3/b23-13-/t25-/m1/s1. The van der Waals surface area contributed by atoms with Crippen LogP contribution in [-0.2, 0) is 9.53 Å². The minimum absolute atomic E-state index is 0.0697. The first-order chi connectivity index (χ1) is 18.0. The smallest absolute Gasteiger partial charge is 0.338 e. The molecule has 0 bridgehead atoms. The molecular weight excluding hydrogens is 492 g/mol. The molecule has 186 valence electrons. The normalized spacial score (nSPS) is 16.6. The van der Waals surface area contributed by atoms with E-state index in [-0.39, 0.29) is 30.3 Å². The lowest BCUT2D eigenvalue weighted by molar-refractivity contribution is -0.139. The van der Waals surface area contributed by atoms with Crippen LogP contribution in [0.3, 0.4) is 0 Å². The van der Waals surface area contributed by atoms with Crippen molar-refractivity contribution in [3.8, 4) is 17.2 Å². The topological polar surface area (TPSA) is 99.4 Å². The zero-order valence-corrected chi connectivity index (χ0v) is 20.9. The number of phenols is 1. The van der Waals surface area contributed by atoms with Crippen LogP contribution in [0.1, 0.15) is 31.0 Å². The van der Waals surface area contributed by atoms with Crippen LogP contribution < -0.4 is 24.4 Å². The Morgan fingerprint density at radius 1 is 1.19 bits per heavy atom. The summed E-state index contributed by atoms with van der Waals surface area (Å²) in [7, 11) is 0. The minimum atomic E-state index is -0.770. The van der Waals surface area contributed by atoms with Gasteiger partial charge >= 0.3 is 5.97 Å². The van der Waals surface area contributed by atoms with E-state index in [0.717, 1.165) is 10.8 Å². The molecule has 4 aromatic rings. The number of esters is 1. The molecule has 1 aromatic heterocycles. The van der Waals surface area contributed by atoms with Gasteiger partial charge in [-0.05, 0) is 54.5 Å². The Hall–Kier alpha value is -4.37. The van der Waals surface area contributed by atoms with Gasteiger partial charge in [0, 0.05) is 5.56 Å². The second-order valence-corrected chi connectivity index (χ2v) is 9.64. The Morgan fingerprint density at radius 3 is 2.84 bits per heavy atom. The second-order valence-electron chi connectivity index (χ2n) is 8.63. The fraction of sp³-hybridized carbons (Fsp3) is 0.179. The number of aromatic nitrogens is 1. The Bertz CT molecular complexity index is 1800. The fourth-order valence-electron chi connectivity index (χ4n) is 4.76. The highest BCUT2D eigenvalue weighted by molar-refractivity contribution is 7.07. The summed E-state index contributed by atoms with van der Waals surface area (Å²) >= 11 is 1.20. The number of phenolic OH excluding ortho intramolecular Hbond substituents is 1. The van der Waals surface area contributed by atoms with Crippen LogP contribution in [0.25, 0.3) is 16.8 Å². The SMILES string of the molecule is CCOC(=O)C1=C(C)N=c2s/c(=C\c3c(O)ccc4ccccc34)c(=O)n2[C@@H]1c1ccc2c(c1)OCO2. The third-order valence-electron chi connectivity index (χ3n) is 6.45. The summed E-state index contributed by atoms with van der Waals surface area (Å²) in [5.41, 5.74) is 1.65. The first-order valence-electron chi connectivity index (χ1n) is 11.8. The molecule has 0 unspecified atom stereocenters. The molecule has 37 heavy (non-hydrogen) atoms. The molecule has 1 atom stereocenters. The maximum Gasteiger partial charge on any atom is 0.338 e. The predicted molar refractivity (Wildman–Crippen MR) is 139 cm³/mol. The van der Waals surface area contributed by atoms with E-state index < -0.39 is 12.0 Å². The molecule has 6 rings (SSSR count). The van der Waals surface area contributed by atoms with Gasteiger partial charge < -0.3 is 19.3 Å². The highest BCUT2D eigenvalue weighted by atomic mass is 32.1. The van der Waals surface area contributed by atoms with E-state index in [9.17, 15) is 14.7 Å². The maximum absolute atomic E-state index is 13.9. The van der Waals surface area contributed by atoms with Crippen molar-refractivity contribution in [3.63, 3.8) is 0 Å². The van der Waals surface area contributed by atoms with Crippen LogP contribution in [0.4, 0.5) is 0 Å². The Labute approximate surface area is 215 Å². The van der Waals surface area contributed by atoms with E-state index in [1.165, 1.54) is 15.9 Å². The Morgan fingerprint density at radius 2 is 2.00 bits per heavy atom. The van der Waals surface area contributed by atoms with Gasteiger partial charge in [-0.2, -0.15) is 0 Å². The van der Waals surface area contributed by atoms with Gasteiger partial charge in [0.25, 0.3) is 5.56 Å². The van der Waals surface area contributed by atoms with Crippen molar-refractivity contribution < 1.29 is 24.1 Å². The molecule has 3 heterocycles. The predicted octanol–water partition coefficient (Wildman–Crippen LogP) is 3.39. The number of hydrogen-bond donors (Lipinski definition) is 1. The largest absolute Gasteiger partial charge is 0.507 e. The zero-order chi connectivity index (χ0) is 25.7. The van der Waals surface area contributed by atoms with Gasteiger partial charge in [0.1, 0.15) is 5.75 Å². The molecule has 0 aliphatic carbocycles. The van der Waals surface area contributed by atoms with E-state index >= 15 is 0 Å². The van der Waals surface area contributed by atoms with Gasteiger partial charge in [0.05, 0.1) is 28.5 Å². The van der Waals surface area contributed by atoms with Gasteiger partial charge in [0.15, 0.2) is 16.3 Å². The van der Waals surface area contributed by atoms with E-state index in [0.29, 0.717) is 37.7 Å². The summed E-state index contributed by atoms with van der Waals surface area (Å²) in [5.74, 6) is 0.673. The summed E-state index contributed by atoms with van der Waals surface area (Å²) in [6.07, 6.45) is 1.68. The Balaban J connectivity index is 1.59. The molecule has 2 aliphatic rings. The number of thiazole rings is 1. The lowest BCUT2D eigenvalue weighted by Gasteiger charge is -2.24. The van der Waals surface area contributed by atoms with Gasteiger partial charge in [-0.1, -0.05) is 47.7 Å². The lowest BCUT2D eigenvalue weighted by Crippen LogP contribution is -2.39. The molecule has 9 heteroatoms. The maximum atomic E-state index is 13.9. The van der Waals surface area contributed by atoms with Crippen LogP contribution in [0, 0.1) is 0 Å². The van der Waals surface area contributed by atoms with Crippen LogP contribution in [0.15, 0.2) is 75.7 Å². The van der Waals surface area contributed by atoms with Crippen molar-refractivity contribution in [2.75, 3.05) is 13.4 Å². The van der Waals surface area contributed by atoms with Gasteiger partial charge in [-0.25, -0.2) is 9.79 Å². The zero-order valence-electron chi connectivity index (χ0n) is 20.1. The van der Waals surface area contributed by atoms with E-state index in [2.05, 4.69) is 4.99 Å². The average molecular weight is 515 g/mol. The lowest BCUT2D eigenvalue weighted by atomic mass is 9.95. The summed E-state index contributed by atoms with van der Waals surface area (Å²) in [5, 5.41) is 12.4. The molecular formula is C28H22N2O6S. The molecule has 8 nitrogen and oxygen atoms in total. The van der Waals surface area contributed by atoms with Gasteiger partial charge in [-0.3, -0.25) is 9.36 Å². The number of ether oxygens (including phenoxy) is 3. The summed E-state index contributed by atoms with van der Waals surface area (Å²) in [6.45, 7) is 3.76. The van der Waals surface area contributed by atoms with Gasteiger partial charge in [0.2, 0.25) is 6.79 Å². The molecule has 0 radical (unpaired) electrons. The molecule has 0 saturated heterocycles. The molecule has 0 saturated carbocycles. The summed E-state index contributed by atoms with van der Waals surface area (Å²) in [4.78, 5) is 32.0. The Kier molecular flexibility index (Phi) is 5.57. The van der Waals surface area contributed by atoms with Crippen LogP contribution >= 0.6 is 11.3 Å². The molecule has 3 aromatic carbocycles. The number of allylic oxidation sites excluding steroid dienone is 1. The monoisotopic (exact) mass is 514 g/mol. The van der Waals surface area contributed by atoms with Crippen LogP contribution in [0.5, 0.6) is 17.2 Å². The number of carbonyl (C=O) groups excluding carboxylic acids is 1. The van der Waals surface area contributed by atoms with Gasteiger partial charge in [-0.15, -0.1) is 0 Å². The number of benzene rings is 3. The third-order valence-corrected chi connectivity index (χ3v) is 7.44. The van der Waals surface area contributed by atoms with Crippen molar-refractivity contribution in [1.82, 2.24) is 4.57 Å². The second kappa shape index (κ2) is 8.94. The highest BCUT2D eigenvalue weighted by Gasteiger charge is 2.34. The number of hydrogen-bond acceptors (Lipinski definition) is 8. The number of fused-ring (bicyclic) bond motifs is 3. The van der Waals surface area contributed by atoms with E-state index in [1.54, 1.807) is 38.1 Å². The number of carbonyl (C=O) groups is 1. The summed E-state index contributed by atoms with van der Waals surface area (Å²) < 4.78 is 18.2. The number of rotatable bonds is 4. The average Bonchev–Trinajstić information content (AvgIpc) is 3.48. The van der Waals surface area contributed by atoms with E-state index in [1.807, 2.05) is 36.4 Å². The molecule has 0 fully saturated rings. The van der Waals surface area contributed by atoms with Crippen LogP contribution in [-0.4, -0.2) is 29.0 Å². The van der Waals surface area contributed by atoms with E-state index in [4.69, 9.17) is 14.2 Å². The molecule has 1 N–H and O–H groups in total. The van der Waals surface area contributed by atoms with Crippen molar-refractivity contribution >= 4 is 34.2 Å². The first kappa shape index (κ1) is 23.1. The van der Waals surface area contributed by atoms with Crippen LogP contribution in [0.2, 0.25) is 0 Å². The molecule has 0 spiro atoms. The van der Waals surface area contributed by atoms with Crippen molar-refractivity contribution in [2.24, 2.45) is 4.99 Å². The highest BCUT2D eigenvalue weighted by Crippen LogP contribution is 2.38. The van der Waals surface area contributed by atoms with Crippen molar-refractivity contribution in [3.05, 3.63) is 96.7 Å². The first-order valence-corrected chi connectivity index (χ1v) is 12.6. The quantitative estimate of drug-likeness (QED) is 0.419. The summed E-state index contributed by atoms with van der Waals surface area (Å²) in [6, 6.07) is 15.7. The van der Waals surface area contributed by atoms with Crippen molar-refractivity contribution in [2.45, 2.75) is 19.9 Å². The fourth-order valence-corrected chi connectivity index (χ4v) is 5.79. The van der Waals surface area contributed by atoms with Crippen molar-refractivity contribution in [1.29, 1.82) is 0 Å².